The van der Waals surface area contributed by atoms with Crippen molar-refractivity contribution in [3.8, 4) is 0 Å². The van der Waals surface area contributed by atoms with Crippen LogP contribution in [0, 0.1) is 0 Å². The summed E-state index contributed by atoms with van der Waals surface area (Å²) in [4.78, 5) is 37.8. The van der Waals surface area contributed by atoms with Gasteiger partial charge < -0.3 is 14.2 Å². The summed E-state index contributed by atoms with van der Waals surface area (Å²) < 4.78 is 16.7. The van der Waals surface area contributed by atoms with Crippen LogP contribution < -0.4 is 0 Å². The van der Waals surface area contributed by atoms with Crippen molar-refractivity contribution < 1.29 is 28.6 Å². The zero-order chi connectivity index (χ0) is 43.0. The van der Waals surface area contributed by atoms with Crippen LogP contribution in [-0.2, 0) is 28.6 Å². The van der Waals surface area contributed by atoms with Crippen LogP contribution in [0.5, 0.6) is 0 Å². The van der Waals surface area contributed by atoms with Gasteiger partial charge in [0.25, 0.3) is 0 Å². The molecule has 0 saturated heterocycles. The molecule has 0 aliphatic carbocycles. The second-order valence-corrected chi connectivity index (χ2v) is 16.4. The number of hydrogen-bond donors (Lipinski definition) is 0. The molecule has 1 unspecified atom stereocenters. The van der Waals surface area contributed by atoms with Crippen molar-refractivity contribution >= 4 is 17.9 Å². The molecule has 0 rings (SSSR count). The minimum absolute atomic E-state index is 0.0939. The van der Waals surface area contributed by atoms with E-state index in [-0.39, 0.29) is 37.5 Å². The summed E-state index contributed by atoms with van der Waals surface area (Å²) in [5.74, 6) is -0.977. The van der Waals surface area contributed by atoms with Crippen molar-refractivity contribution in [2.75, 3.05) is 13.2 Å². The Kier molecular flexibility index (Phi) is 45.4. The van der Waals surface area contributed by atoms with E-state index < -0.39 is 6.10 Å². The Labute approximate surface area is 364 Å². The molecular formula is C53H92O6. The average molecular weight is 825 g/mol. The minimum atomic E-state index is -0.798. The van der Waals surface area contributed by atoms with Crippen LogP contribution in [0.4, 0.5) is 0 Å². The summed E-state index contributed by atoms with van der Waals surface area (Å²) in [6, 6.07) is 0. The van der Waals surface area contributed by atoms with Gasteiger partial charge in [-0.25, -0.2) is 0 Å². The molecule has 6 heteroatoms. The van der Waals surface area contributed by atoms with Gasteiger partial charge >= 0.3 is 17.9 Å². The van der Waals surface area contributed by atoms with Crippen molar-refractivity contribution in [1.29, 1.82) is 0 Å². The maximum atomic E-state index is 12.8. The maximum absolute atomic E-state index is 12.8. The van der Waals surface area contributed by atoms with Gasteiger partial charge in [0.15, 0.2) is 6.10 Å². The molecule has 0 radical (unpaired) electrons. The normalized spacial score (nSPS) is 12.5. The summed E-state index contributed by atoms with van der Waals surface area (Å²) in [5.41, 5.74) is 0. The van der Waals surface area contributed by atoms with Crippen LogP contribution >= 0.6 is 0 Å². The fraction of sp³-hybridized carbons (Fsp3) is 0.755. The third kappa shape index (κ3) is 46.0. The SMILES string of the molecule is CC/C=C\C/C=C\C/C=C\C/C=C\C/C=C\CCC(=O)OCC(COC(=O)CCCCCCCCCCCCC)OC(=O)CCCCCCCCCCCCCCCC. The van der Waals surface area contributed by atoms with Gasteiger partial charge in [-0.1, -0.05) is 229 Å². The van der Waals surface area contributed by atoms with Gasteiger partial charge in [0.05, 0.1) is 0 Å². The predicted octanol–water partition coefficient (Wildman–Crippen LogP) is 16.1. The highest BCUT2D eigenvalue weighted by atomic mass is 16.6. The summed E-state index contributed by atoms with van der Waals surface area (Å²) in [5, 5.41) is 0. The highest BCUT2D eigenvalue weighted by molar-refractivity contribution is 5.71. The lowest BCUT2D eigenvalue weighted by molar-refractivity contribution is -0.166. The van der Waals surface area contributed by atoms with Crippen molar-refractivity contribution in [1.82, 2.24) is 0 Å². The molecule has 0 saturated carbocycles. The molecule has 0 aromatic heterocycles. The number of allylic oxidation sites excluding steroid dienone is 10. The number of carbonyl (C=O) groups is 3. The largest absolute Gasteiger partial charge is 0.462 e. The smallest absolute Gasteiger partial charge is 0.306 e. The van der Waals surface area contributed by atoms with Gasteiger partial charge in [-0.05, 0) is 51.4 Å². The Morgan fingerprint density at radius 2 is 0.661 bits per heavy atom. The Morgan fingerprint density at radius 1 is 0.356 bits per heavy atom. The minimum Gasteiger partial charge on any atom is -0.462 e. The van der Waals surface area contributed by atoms with Crippen LogP contribution in [0.1, 0.15) is 239 Å². The van der Waals surface area contributed by atoms with E-state index in [1.807, 2.05) is 6.08 Å². The van der Waals surface area contributed by atoms with Gasteiger partial charge in [0, 0.05) is 19.3 Å². The van der Waals surface area contributed by atoms with E-state index >= 15 is 0 Å². The molecule has 0 heterocycles. The fourth-order valence-electron chi connectivity index (χ4n) is 6.84. The molecule has 0 aliphatic rings. The summed E-state index contributed by atoms with van der Waals surface area (Å²) in [6.45, 7) is 6.46. The Hall–Kier alpha value is -2.89. The van der Waals surface area contributed by atoms with Crippen molar-refractivity contribution in [2.24, 2.45) is 0 Å². The molecule has 0 aromatic carbocycles. The van der Waals surface area contributed by atoms with Crippen molar-refractivity contribution in [3.05, 3.63) is 60.8 Å². The Balaban J connectivity index is 4.46. The second-order valence-electron chi connectivity index (χ2n) is 16.4. The van der Waals surface area contributed by atoms with E-state index in [0.717, 1.165) is 70.6 Å². The van der Waals surface area contributed by atoms with Crippen molar-refractivity contribution in [3.63, 3.8) is 0 Å². The Morgan fingerprint density at radius 3 is 1.03 bits per heavy atom. The lowest BCUT2D eigenvalue weighted by atomic mass is 10.0. The van der Waals surface area contributed by atoms with E-state index in [9.17, 15) is 14.4 Å². The van der Waals surface area contributed by atoms with E-state index in [4.69, 9.17) is 14.2 Å². The molecule has 340 valence electrons. The maximum Gasteiger partial charge on any atom is 0.306 e. The first kappa shape index (κ1) is 56.1. The van der Waals surface area contributed by atoms with Gasteiger partial charge in [0.1, 0.15) is 13.2 Å². The third-order valence-electron chi connectivity index (χ3n) is 10.6. The van der Waals surface area contributed by atoms with Gasteiger partial charge in [-0.3, -0.25) is 14.4 Å². The number of unbranched alkanes of at least 4 members (excludes halogenated alkanes) is 23. The van der Waals surface area contributed by atoms with Gasteiger partial charge in [-0.15, -0.1) is 0 Å². The molecule has 0 N–H and O–H groups in total. The molecule has 0 bridgehead atoms. The van der Waals surface area contributed by atoms with Crippen LogP contribution in [0.3, 0.4) is 0 Å². The van der Waals surface area contributed by atoms with Crippen LogP contribution in [0.15, 0.2) is 60.8 Å². The van der Waals surface area contributed by atoms with E-state index in [2.05, 4.69) is 75.5 Å². The number of hydrogen-bond acceptors (Lipinski definition) is 6. The molecule has 0 aromatic rings. The highest BCUT2D eigenvalue weighted by Gasteiger charge is 2.19. The first-order valence-electron chi connectivity index (χ1n) is 24.8. The highest BCUT2D eigenvalue weighted by Crippen LogP contribution is 2.15. The summed E-state index contributed by atoms with van der Waals surface area (Å²) >= 11 is 0. The number of carbonyl (C=O) groups excluding carboxylic acids is 3. The predicted molar refractivity (Wildman–Crippen MR) is 251 cm³/mol. The standard InChI is InChI=1S/C53H92O6/c1-4-7-10-13-16-19-22-24-26-27-29-31-34-37-40-43-46-52(55)58-49-50(48-57-51(54)45-42-39-36-33-30-21-18-15-12-9-6-3)59-53(56)47-44-41-38-35-32-28-25-23-20-17-14-11-8-5-2/h7,10,16,19,24,26,29,31,37,40,50H,4-6,8-9,11-15,17-18,20-23,25,27-28,30,32-36,38-39,41-49H2,1-3H3/b10-7-,19-16-,26-24-,31-29-,40-37-. The molecule has 0 aliphatic heterocycles. The Bertz CT molecular complexity index is 1090. The van der Waals surface area contributed by atoms with Gasteiger partial charge in [0.2, 0.25) is 0 Å². The zero-order valence-corrected chi connectivity index (χ0v) is 38.8. The lowest BCUT2D eigenvalue weighted by Gasteiger charge is -2.18. The topological polar surface area (TPSA) is 78.9 Å². The molecule has 1 atom stereocenters. The zero-order valence-electron chi connectivity index (χ0n) is 38.8. The molecular weight excluding hydrogens is 733 g/mol. The molecule has 0 spiro atoms. The van der Waals surface area contributed by atoms with Crippen LogP contribution in [0.2, 0.25) is 0 Å². The van der Waals surface area contributed by atoms with Crippen LogP contribution in [-0.4, -0.2) is 37.2 Å². The number of ether oxygens (including phenoxy) is 3. The third-order valence-corrected chi connectivity index (χ3v) is 10.6. The average Bonchev–Trinajstić information content (AvgIpc) is 3.23. The van der Waals surface area contributed by atoms with E-state index in [1.54, 1.807) is 0 Å². The first-order chi connectivity index (χ1) is 29.0. The fourth-order valence-corrected chi connectivity index (χ4v) is 6.84. The lowest BCUT2D eigenvalue weighted by Crippen LogP contribution is -2.30. The molecule has 6 nitrogen and oxygen atoms in total. The van der Waals surface area contributed by atoms with E-state index in [1.165, 1.54) is 122 Å². The van der Waals surface area contributed by atoms with Crippen molar-refractivity contribution in [2.45, 2.75) is 245 Å². The molecule has 0 fully saturated rings. The second kappa shape index (κ2) is 47.8. The molecule has 59 heavy (non-hydrogen) atoms. The summed E-state index contributed by atoms with van der Waals surface area (Å²) in [7, 11) is 0. The number of esters is 3. The monoisotopic (exact) mass is 825 g/mol. The quantitative estimate of drug-likeness (QED) is 0.0263. The first-order valence-corrected chi connectivity index (χ1v) is 24.8. The van der Waals surface area contributed by atoms with Crippen LogP contribution in [0.25, 0.3) is 0 Å². The molecule has 0 amide bonds. The van der Waals surface area contributed by atoms with E-state index in [0.29, 0.717) is 19.3 Å². The summed E-state index contributed by atoms with van der Waals surface area (Å²) in [6.07, 6.45) is 57.8. The number of rotatable bonds is 44. The van der Waals surface area contributed by atoms with Gasteiger partial charge in [-0.2, -0.15) is 0 Å².